The van der Waals surface area contributed by atoms with Gasteiger partial charge in [0.05, 0.1) is 6.61 Å². The molecule has 0 aliphatic carbocycles. The summed E-state index contributed by atoms with van der Waals surface area (Å²) in [6, 6.07) is 4.11. The molecule has 0 amide bonds. The van der Waals surface area contributed by atoms with Crippen LogP contribution in [0.5, 0.6) is 0 Å². The van der Waals surface area contributed by atoms with Gasteiger partial charge in [0, 0.05) is 52.2 Å². The fourth-order valence-corrected chi connectivity index (χ4v) is 3.00. The van der Waals surface area contributed by atoms with E-state index in [-0.39, 0.29) is 0 Å². The van der Waals surface area contributed by atoms with Gasteiger partial charge in [-0.05, 0) is 50.9 Å². The molecule has 2 N–H and O–H groups in total. The summed E-state index contributed by atoms with van der Waals surface area (Å²) in [6.45, 7) is 9.97. The SMILES string of the molecule is CCNC(=NCC1CCN(CCOC)CC1)NCCn1cccc1. The second-order valence-corrected chi connectivity index (χ2v) is 6.35. The van der Waals surface area contributed by atoms with Crippen molar-refractivity contribution in [2.24, 2.45) is 10.9 Å². The van der Waals surface area contributed by atoms with Crippen LogP contribution in [0.15, 0.2) is 29.5 Å². The van der Waals surface area contributed by atoms with Gasteiger partial charge in [-0.25, -0.2) is 0 Å². The summed E-state index contributed by atoms with van der Waals surface area (Å²) >= 11 is 0. The Hall–Kier alpha value is -1.53. The van der Waals surface area contributed by atoms with Crippen molar-refractivity contribution in [3.63, 3.8) is 0 Å². The average Bonchev–Trinajstić information content (AvgIpc) is 3.12. The van der Waals surface area contributed by atoms with E-state index in [2.05, 4.69) is 51.6 Å². The van der Waals surface area contributed by atoms with Crippen LogP contribution in [0, 0.1) is 5.92 Å². The topological polar surface area (TPSA) is 53.8 Å². The smallest absolute Gasteiger partial charge is 0.191 e. The molecule has 6 nitrogen and oxygen atoms in total. The third kappa shape index (κ3) is 6.93. The number of piperidine rings is 1. The summed E-state index contributed by atoms with van der Waals surface area (Å²) in [6.07, 6.45) is 6.64. The number of nitrogens with zero attached hydrogens (tertiary/aromatic N) is 3. The zero-order valence-corrected chi connectivity index (χ0v) is 15.2. The molecular weight excluding hydrogens is 302 g/mol. The van der Waals surface area contributed by atoms with Gasteiger partial charge in [0.1, 0.15) is 0 Å². The molecule has 2 rings (SSSR count). The van der Waals surface area contributed by atoms with E-state index in [9.17, 15) is 0 Å². The molecule has 1 saturated heterocycles. The lowest BCUT2D eigenvalue weighted by Crippen LogP contribution is -2.40. The summed E-state index contributed by atoms with van der Waals surface area (Å²) < 4.78 is 7.33. The maximum absolute atomic E-state index is 5.16. The van der Waals surface area contributed by atoms with Gasteiger partial charge in [-0.2, -0.15) is 0 Å². The van der Waals surface area contributed by atoms with Crippen LogP contribution in [-0.2, 0) is 11.3 Å². The Morgan fingerprint density at radius 3 is 2.58 bits per heavy atom. The number of aliphatic imine (C=N–C) groups is 1. The number of guanidine groups is 1. The van der Waals surface area contributed by atoms with Crippen LogP contribution < -0.4 is 10.6 Å². The number of rotatable bonds is 9. The summed E-state index contributed by atoms with van der Waals surface area (Å²) in [5.74, 6) is 1.63. The minimum Gasteiger partial charge on any atom is -0.383 e. The van der Waals surface area contributed by atoms with Crippen molar-refractivity contribution >= 4 is 5.96 Å². The van der Waals surface area contributed by atoms with E-state index in [4.69, 9.17) is 9.73 Å². The van der Waals surface area contributed by atoms with Crippen molar-refractivity contribution in [1.82, 2.24) is 20.1 Å². The minimum absolute atomic E-state index is 0.698. The van der Waals surface area contributed by atoms with Crippen molar-refractivity contribution in [1.29, 1.82) is 0 Å². The Kier molecular flexibility index (Phi) is 8.70. The summed E-state index contributed by atoms with van der Waals surface area (Å²) in [4.78, 5) is 7.28. The first kappa shape index (κ1) is 18.8. The predicted molar refractivity (Wildman–Crippen MR) is 99.5 cm³/mol. The van der Waals surface area contributed by atoms with Gasteiger partial charge in [-0.1, -0.05) is 0 Å². The van der Waals surface area contributed by atoms with Gasteiger partial charge in [0.25, 0.3) is 0 Å². The molecule has 0 saturated carbocycles. The van der Waals surface area contributed by atoms with E-state index >= 15 is 0 Å². The van der Waals surface area contributed by atoms with Crippen LogP contribution in [0.4, 0.5) is 0 Å². The van der Waals surface area contributed by atoms with Gasteiger partial charge < -0.3 is 24.8 Å². The highest BCUT2D eigenvalue weighted by atomic mass is 16.5. The quantitative estimate of drug-likeness (QED) is 0.529. The molecule has 136 valence electrons. The van der Waals surface area contributed by atoms with E-state index in [0.717, 1.165) is 45.3 Å². The molecule has 0 atom stereocenters. The zero-order valence-electron chi connectivity index (χ0n) is 15.2. The first-order valence-electron chi connectivity index (χ1n) is 9.16. The number of hydrogen-bond acceptors (Lipinski definition) is 3. The normalized spacial score (nSPS) is 17.2. The number of methoxy groups -OCH3 is 1. The Labute approximate surface area is 146 Å². The second-order valence-electron chi connectivity index (χ2n) is 6.35. The van der Waals surface area contributed by atoms with Crippen LogP contribution >= 0.6 is 0 Å². The molecule has 1 aliphatic heterocycles. The maximum atomic E-state index is 5.16. The van der Waals surface area contributed by atoms with Crippen molar-refractivity contribution in [3.05, 3.63) is 24.5 Å². The van der Waals surface area contributed by atoms with Crippen LogP contribution in [0.25, 0.3) is 0 Å². The number of hydrogen-bond donors (Lipinski definition) is 2. The fraction of sp³-hybridized carbons (Fsp3) is 0.722. The molecule has 6 heteroatoms. The van der Waals surface area contributed by atoms with Crippen molar-refractivity contribution < 1.29 is 4.74 Å². The van der Waals surface area contributed by atoms with Crippen LogP contribution in [-0.4, -0.2) is 68.4 Å². The van der Waals surface area contributed by atoms with Gasteiger partial charge in [-0.3, -0.25) is 4.99 Å². The number of ether oxygens (including phenoxy) is 1. The van der Waals surface area contributed by atoms with Crippen LogP contribution in [0.2, 0.25) is 0 Å². The van der Waals surface area contributed by atoms with Gasteiger partial charge >= 0.3 is 0 Å². The second kappa shape index (κ2) is 11.1. The summed E-state index contributed by atoms with van der Waals surface area (Å²) in [7, 11) is 1.77. The van der Waals surface area contributed by atoms with Gasteiger partial charge in [0.15, 0.2) is 5.96 Å². The Morgan fingerprint density at radius 1 is 1.17 bits per heavy atom. The molecule has 2 heterocycles. The Bertz CT molecular complexity index is 452. The average molecular weight is 335 g/mol. The van der Waals surface area contributed by atoms with Crippen molar-refractivity contribution in [3.8, 4) is 0 Å². The molecule has 0 spiro atoms. The highest BCUT2D eigenvalue weighted by Crippen LogP contribution is 2.17. The maximum Gasteiger partial charge on any atom is 0.191 e. The largest absolute Gasteiger partial charge is 0.383 e. The summed E-state index contributed by atoms with van der Waals surface area (Å²) in [5.41, 5.74) is 0. The standard InChI is InChI=1S/C18H33N5O/c1-3-19-18(20-8-13-22-9-4-5-10-22)21-16-17-6-11-23(12-7-17)14-15-24-2/h4-5,9-10,17H,3,6-8,11-16H2,1-2H3,(H2,19,20,21). The third-order valence-corrected chi connectivity index (χ3v) is 4.50. The number of likely N-dealkylation sites (tertiary alicyclic amines) is 1. The fourth-order valence-electron chi connectivity index (χ4n) is 3.00. The Morgan fingerprint density at radius 2 is 1.92 bits per heavy atom. The highest BCUT2D eigenvalue weighted by molar-refractivity contribution is 5.79. The molecule has 0 radical (unpaired) electrons. The number of nitrogens with one attached hydrogen (secondary N) is 2. The molecule has 1 fully saturated rings. The molecule has 0 aromatic carbocycles. The Balaban J connectivity index is 1.68. The van der Waals surface area contributed by atoms with Gasteiger partial charge in [0.2, 0.25) is 0 Å². The van der Waals surface area contributed by atoms with Crippen LogP contribution in [0.3, 0.4) is 0 Å². The van der Waals surface area contributed by atoms with Crippen LogP contribution in [0.1, 0.15) is 19.8 Å². The lowest BCUT2D eigenvalue weighted by atomic mass is 9.97. The molecule has 1 aromatic rings. The van der Waals surface area contributed by atoms with Gasteiger partial charge in [-0.15, -0.1) is 0 Å². The van der Waals surface area contributed by atoms with E-state index in [0.29, 0.717) is 5.92 Å². The van der Waals surface area contributed by atoms with E-state index < -0.39 is 0 Å². The first-order valence-corrected chi connectivity index (χ1v) is 9.16. The molecular formula is C18H33N5O. The molecule has 1 aliphatic rings. The molecule has 0 unspecified atom stereocenters. The lowest BCUT2D eigenvalue weighted by molar-refractivity contribution is 0.121. The number of aromatic nitrogens is 1. The monoisotopic (exact) mass is 335 g/mol. The molecule has 24 heavy (non-hydrogen) atoms. The van der Waals surface area contributed by atoms with Crippen molar-refractivity contribution in [2.45, 2.75) is 26.3 Å². The zero-order chi connectivity index (χ0) is 17.0. The molecule has 1 aromatic heterocycles. The summed E-state index contributed by atoms with van der Waals surface area (Å²) in [5, 5.41) is 6.77. The van der Waals surface area contributed by atoms with Crippen molar-refractivity contribution in [2.75, 3.05) is 53.0 Å². The minimum atomic E-state index is 0.698. The lowest BCUT2D eigenvalue weighted by Gasteiger charge is -2.31. The highest BCUT2D eigenvalue weighted by Gasteiger charge is 2.18. The predicted octanol–water partition coefficient (Wildman–Crippen LogP) is 1.40. The van der Waals surface area contributed by atoms with E-state index in [1.165, 1.54) is 25.9 Å². The first-order chi connectivity index (χ1) is 11.8. The van der Waals surface area contributed by atoms with E-state index in [1.54, 1.807) is 7.11 Å². The third-order valence-electron chi connectivity index (χ3n) is 4.50. The van der Waals surface area contributed by atoms with E-state index in [1.807, 2.05) is 0 Å². The molecule has 0 bridgehead atoms.